The first-order valence-corrected chi connectivity index (χ1v) is 8.84. The third-order valence-corrected chi connectivity index (χ3v) is 4.62. The number of hydrogen-bond donors (Lipinski definition) is 1. The highest BCUT2D eigenvalue weighted by Gasteiger charge is 2.31. The standard InChI is InChI=1S/C20H33NO3/c1-15-7-8-18(17(11-15)19(2,3)4)24-13-16(22)12-21-9-10-23-14-20(21,5)6/h7-8,11,16,22H,9-10,12-14H2,1-6H3. The first-order chi connectivity index (χ1) is 11.1. The molecule has 0 saturated carbocycles. The Morgan fingerprint density at radius 3 is 2.67 bits per heavy atom. The van der Waals surface area contributed by atoms with E-state index < -0.39 is 6.10 Å². The summed E-state index contributed by atoms with van der Waals surface area (Å²) in [5.74, 6) is 0.869. The quantitative estimate of drug-likeness (QED) is 0.897. The molecule has 1 fully saturated rings. The molecular weight excluding hydrogens is 302 g/mol. The molecule has 1 atom stereocenters. The molecule has 1 unspecified atom stereocenters. The molecule has 4 nitrogen and oxygen atoms in total. The molecule has 1 aromatic rings. The molecule has 4 heteroatoms. The van der Waals surface area contributed by atoms with Crippen LogP contribution in [0, 0.1) is 6.92 Å². The van der Waals surface area contributed by atoms with Gasteiger partial charge in [-0.05, 0) is 37.8 Å². The smallest absolute Gasteiger partial charge is 0.123 e. The Morgan fingerprint density at radius 2 is 2.04 bits per heavy atom. The Bertz CT molecular complexity index is 548. The lowest BCUT2D eigenvalue weighted by molar-refractivity contribution is -0.0703. The zero-order valence-electron chi connectivity index (χ0n) is 16.1. The van der Waals surface area contributed by atoms with Crippen LogP contribution in [0.25, 0.3) is 0 Å². The largest absolute Gasteiger partial charge is 0.491 e. The normalized spacial score (nSPS) is 20.0. The van der Waals surface area contributed by atoms with Crippen molar-refractivity contribution in [1.82, 2.24) is 4.90 Å². The van der Waals surface area contributed by atoms with Crippen LogP contribution < -0.4 is 4.74 Å². The summed E-state index contributed by atoms with van der Waals surface area (Å²) in [5, 5.41) is 10.4. The van der Waals surface area contributed by atoms with Gasteiger partial charge in [0, 0.05) is 18.6 Å². The third-order valence-electron chi connectivity index (χ3n) is 4.62. The van der Waals surface area contributed by atoms with Crippen molar-refractivity contribution in [2.45, 2.75) is 58.6 Å². The van der Waals surface area contributed by atoms with Crippen LogP contribution in [0.1, 0.15) is 45.7 Å². The van der Waals surface area contributed by atoms with E-state index in [4.69, 9.17) is 9.47 Å². The number of rotatable bonds is 5. The van der Waals surface area contributed by atoms with Gasteiger partial charge in [0.15, 0.2) is 0 Å². The molecule has 1 aliphatic heterocycles. The molecule has 1 N–H and O–H groups in total. The minimum Gasteiger partial charge on any atom is -0.491 e. The number of aryl methyl sites for hydroxylation is 1. The van der Waals surface area contributed by atoms with Crippen molar-refractivity contribution >= 4 is 0 Å². The second-order valence-electron chi connectivity index (χ2n) is 8.53. The maximum Gasteiger partial charge on any atom is 0.123 e. The fraction of sp³-hybridized carbons (Fsp3) is 0.700. The van der Waals surface area contributed by atoms with Crippen molar-refractivity contribution in [3.63, 3.8) is 0 Å². The number of nitrogens with zero attached hydrogens (tertiary/aromatic N) is 1. The van der Waals surface area contributed by atoms with Gasteiger partial charge < -0.3 is 14.6 Å². The molecule has 2 rings (SSSR count). The minimum absolute atomic E-state index is 0.0124. The van der Waals surface area contributed by atoms with E-state index in [9.17, 15) is 5.11 Å². The van der Waals surface area contributed by atoms with Gasteiger partial charge in [0.05, 0.1) is 13.2 Å². The Balaban J connectivity index is 1.98. The average molecular weight is 335 g/mol. The fourth-order valence-corrected chi connectivity index (χ4v) is 3.08. The Morgan fingerprint density at radius 1 is 1.33 bits per heavy atom. The van der Waals surface area contributed by atoms with Gasteiger partial charge in [-0.1, -0.05) is 38.5 Å². The van der Waals surface area contributed by atoms with Crippen LogP contribution in [-0.4, -0.2) is 54.6 Å². The highest BCUT2D eigenvalue weighted by Crippen LogP contribution is 2.32. The lowest BCUT2D eigenvalue weighted by Gasteiger charge is -2.42. The number of benzene rings is 1. The second kappa shape index (κ2) is 7.42. The highest BCUT2D eigenvalue weighted by molar-refractivity contribution is 5.41. The molecule has 0 aliphatic carbocycles. The number of hydrogen-bond acceptors (Lipinski definition) is 4. The van der Waals surface area contributed by atoms with Crippen LogP contribution in [-0.2, 0) is 10.2 Å². The Kier molecular flexibility index (Phi) is 5.95. The lowest BCUT2D eigenvalue weighted by atomic mass is 9.85. The Labute approximate surface area is 146 Å². The summed E-state index contributed by atoms with van der Waals surface area (Å²) >= 11 is 0. The Hall–Kier alpha value is -1.10. The lowest BCUT2D eigenvalue weighted by Crippen LogP contribution is -2.55. The predicted molar refractivity (Wildman–Crippen MR) is 97.9 cm³/mol. The van der Waals surface area contributed by atoms with Crippen molar-refractivity contribution in [3.8, 4) is 5.75 Å². The van der Waals surface area contributed by atoms with Gasteiger partial charge in [-0.15, -0.1) is 0 Å². The molecule has 0 amide bonds. The van der Waals surface area contributed by atoms with Gasteiger partial charge in [-0.3, -0.25) is 4.90 Å². The number of ether oxygens (including phenoxy) is 2. The molecule has 1 saturated heterocycles. The van der Waals surface area contributed by atoms with Crippen LogP contribution in [0.3, 0.4) is 0 Å². The van der Waals surface area contributed by atoms with E-state index in [0.717, 1.165) is 18.9 Å². The first kappa shape index (κ1) is 19.2. The SMILES string of the molecule is Cc1ccc(OCC(O)CN2CCOCC2(C)C)c(C(C)(C)C)c1. The molecule has 24 heavy (non-hydrogen) atoms. The number of aliphatic hydroxyl groups excluding tert-OH is 1. The van der Waals surface area contributed by atoms with Crippen LogP contribution in [0.15, 0.2) is 18.2 Å². The van der Waals surface area contributed by atoms with E-state index in [1.807, 2.05) is 6.07 Å². The van der Waals surface area contributed by atoms with Crippen molar-refractivity contribution in [2.24, 2.45) is 0 Å². The van der Waals surface area contributed by atoms with Crippen molar-refractivity contribution in [1.29, 1.82) is 0 Å². The van der Waals surface area contributed by atoms with E-state index in [1.165, 1.54) is 11.1 Å². The first-order valence-electron chi connectivity index (χ1n) is 8.84. The summed E-state index contributed by atoms with van der Waals surface area (Å²) in [7, 11) is 0. The zero-order valence-corrected chi connectivity index (χ0v) is 16.1. The van der Waals surface area contributed by atoms with Gasteiger partial charge in [0.1, 0.15) is 18.5 Å². The summed E-state index contributed by atoms with van der Waals surface area (Å²) in [6.07, 6.45) is -0.517. The molecule has 1 heterocycles. The summed E-state index contributed by atoms with van der Waals surface area (Å²) < 4.78 is 11.5. The number of β-amino-alcohol motifs (C(OH)–C–C–N with tert-alkyl or cyclic N) is 1. The maximum atomic E-state index is 10.4. The van der Waals surface area contributed by atoms with E-state index in [1.54, 1.807) is 0 Å². The van der Waals surface area contributed by atoms with E-state index in [-0.39, 0.29) is 11.0 Å². The molecule has 1 aliphatic rings. The van der Waals surface area contributed by atoms with Gasteiger partial charge in [0.25, 0.3) is 0 Å². The highest BCUT2D eigenvalue weighted by atomic mass is 16.5. The molecule has 0 radical (unpaired) electrons. The monoisotopic (exact) mass is 335 g/mol. The van der Waals surface area contributed by atoms with Gasteiger partial charge >= 0.3 is 0 Å². The van der Waals surface area contributed by atoms with Crippen molar-refractivity contribution in [2.75, 3.05) is 32.9 Å². The maximum absolute atomic E-state index is 10.4. The van der Waals surface area contributed by atoms with Crippen LogP contribution in [0.4, 0.5) is 0 Å². The summed E-state index contributed by atoms with van der Waals surface area (Å²) in [5.41, 5.74) is 2.38. The zero-order chi connectivity index (χ0) is 18.0. The third kappa shape index (κ3) is 4.95. The summed E-state index contributed by atoms with van der Waals surface area (Å²) in [4.78, 5) is 2.28. The van der Waals surface area contributed by atoms with Gasteiger partial charge in [-0.25, -0.2) is 0 Å². The van der Waals surface area contributed by atoms with Crippen LogP contribution in [0.2, 0.25) is 0 Å². The summed E-state index contributed by atoms with van der Waals surface area (Å²) in [6, 6.07) is 6.25. The molecule has 0 bridgehead atoms. The van der Waals surface area contributed by atoms with E-state index in [2.05, 4.69) is 58.6 Å². The molecule has 1 aromatic carbocycles. The average Bonchev–Trinajstić information content (AvgIpc) is 2.47. The predicted octanol–water partition coefficient (Wildman–Crippen LogP) is 3.14. The van der Waals surface area contributed by atoms with Gasteiger partial charge in [0.2, 0.25) is 0 Å². The minimum atomic E-state index is -0.517. The van der Waals surface area contributed by atoms with Gasteiger partial charge in [-0.2, -0.15) is 0 Å². The van der Waals surface area contributed by atoms with E-state index >= 15 is 0 Å². The van der Waals surface area contributed by atoms with Crippen molar-refractivity contribution in [3.05, 3.63) is 29.3 Å². The number of aliphatic hydroxyl groups is 1. The molecule has 0 spiro atoms. The van der Waals surface area contributed by atoms with E-state index in [0.29, 0.717) is 19.8 Å². The molecular formula is C20H33NO3. The second-order valence-corrected chi connectivity index (χ2v) is 8.53. The fourth-order valence-electron chi connectivity index (χ4n) is 3.08. The van der Waals surface area contributed by atoms with Crippen LogP contribution in [0.5, 0.6) is 5.75 Å². The topological polar surface area (TPSA) is 41.9 Å². The molecule has 0 aromatic heterocycles. The number of morpholine rings is 1. The summed E-state index contributed by atoms with van der Waals surface area (Å²) in [6.45, 7) is 16.1. The van der Waals surface area contributed by atoms with Crippen molar-refractivity contribution < 1.29 is 14.6 Å². The molecule has 136 valence electrons. The van der Waals surface area contributed by atoms with Crippen LogP contribution >= 0.6 is 0 Å².